The highest BCUT2D eigenvalue weighted by Gasteiger charge is 2.22. The van der Waals surface area contributed by atoms with Gasteiger partial charge in [-0.3, -0.25) is 14.9 Å². The monoisotopic (exact) mass is 320 g/mol. The summed E-state index contributed by atoms with van der Waals surface area (Å²) in [7, 11) is 1.48. The number of rotatable bonds is 4. The summed E-state index contributed by atoms with van der Waals surface area (Å²) in [5.74, 6) is -0.0992. The summed E-state index contributed by atoms with van der Waals surface area (Å²) in [6.07, 6.45) is 0. The third-order valence-corrected chi connectivity index (χ3v) is 3.37. The van der Waals surface area contributed by atoms with Gasteiger partial charge in [0.25, 0.3) is 11.6 Å². The molecule has 0 saturated heterocycles. The quantitative estimate of drug-likeness (QED) is 0.686. The van der Waals surface area contributed by atoms with Crippen molar-refractivity contribution in [2.24, 2.45) is 0 Å². The van der Waals surface area contributed by atoms with E-state index in [1.165, 1.54) is 19.2 Å². The van der Waals surface area contributed by atoms with Gasteiger partial charge in [-0.15, -0.1) is 0 Å². The van der Waals surface area contributed by atoms with E-state index in [9.17, 15) is 14.9 Å². The molecule has 0 aliphatic rings. The number of carbonyl (C=O) groups is 1. The number of ether oxygens (including phenoxy) is 1. The molecule has 0 spiro atoms. The topological polar surface area (TPSA) is 81.5 Å². The van der Waals surface area contributed by atoms with Crippen LogP contribution in [0.4, 0.5) is 11.4 Å². The van der Waals surface area contributed by atoms with E-state index in [1.54, 1.807) is 31.2 Å². The lowest BCUT2D eigenvalue weighted by molar-refractivity contribution is -0.385. The van der Waals surface area contributed by atoms with Gasteiger partial charge in [0.1, 0.15) is 11.3 Å². The van der Waals surface area contributed by atoms with Crippen molar-refractivity contribution in [2.45, 2.75) is 6.92 Å². The first-order chi connectivity index (χ1) is 10.4. The molecule has 22 heavy (non-hydrogen) atoms. The van der Waals surface area contributed by atoms with Gasteiger partial charge in [0.15, 0.2) is 0 Å². The molecule has 0 radical (unpaired) electrons. The minimum atomic E-state index is -0.573. The first kappa shape index (κ1) is 15.8. The van der Waals surface area contributed by atoms with Crippen LogP contribution in [-0.2, 0) is 0 Å². The lowest BCUT2D eigenvalue weighted by Crippen LogP contribution is -2.14. The third-order valence-electron chi connectivity index (χ3n) is 3.07. The molecule has 0 unspecified atom stereocenters. The molecule has 1 N–H and O–H groups in total. The smallest absolute Gasteiger partial charge is 0.285 e. The minimum absolute atomic E-state index is 0.00283. The number of nitrogens with zero attached hydrogens (tertiary/aromatic N) is 1. The molecule has 1 amide bonds. The first-order valence-corrected chi connectivity index (χ1v) is 6.70. The minimum Gasteiger partial charge on any atom is -0.495 e. The van der Waals surface area contributed by atoms with Crippen molar-refractivity contribution in [3.8, 4) is 5.75 Å². The number of hydrogen-bond acceptors (Lipinski definition) is 4. The van der Waals surface area contributed by atoms with Crippen LogP contribution in [-0.4, -0.2) is 17.9 Å². The lowest BCUT2D eigenvalue weighted by atomic mass is 10.1. The van der Waals surface area contributed by atoms with Gasteiger partial charge in [0, 0.05) is 11.3 Å². The van der Waals surface area contributed by atoms with Crippen LogP contribution in [0.25, 0.3) is 0 Å². The first-order valence-electron chi connectivity index (χ1n) is 6.33. The maximum Gasteiger partial charge on any atom is 0.285 e. The van der Waals surface area contributed by atoms with Crippen LogP contribution >= 0.6 is 11.6 Å². The Morgan fingerprint density at radius 3 is 2.64 bits per heavy atom. The van der Waals surface area contributed by atoms with Crippen molar-refractivity contribution in [2.75, 3.05) is 12.4 Å². The van der Waals surface area contributed by atoms with E-state index in [4.69, 9.17) is 16.3 Å². The van der Waals surface area contributed by atoms with E-state index in [1.807, 2.05) is 0 Å². The molecule has 0 aliphatic carbocycles. The van der Waals surface area contributed by atoms with Crippen molar-refractivity contribution in [1.82, 2.24) is 0 Å². The molecule has 0 aliphatic heterocycles. The number of halogens is 1. The van der Waals surface area contributed by atoms with E-state index >= 15 is 0 Å². The number of nitro benzene ring substituents is 1. The number of amides is 1. The molecular formula is C15H13ClN2O4. The number of methoxy groups -OCH3 is 1. The molecule has 6 nitrogen and oxygen atoms in total. The van der Waals surface area contributed by atoms with Crippen LogP contribution in [0.2, 0.25) is 5.02 Å². The van der Waals surface area contributed by atoms with Gasteiger partial charge < -0.3 is 10.1 Å². The molecule has 2 aromatic rings. The predicted octanol–water partition coefficient (Wildman–Crippen LogP) is 3.82. The van der Waals surface area contributed by atoms with Crippen molar-refractivity contribution < 1.29 is 14.5 Å². The Kier molecular flexibility index (Phi) is 4.62. The molecule has 2 rings (SSSR count). The average Bonchev–Trinajstić information content (AvgIpc) is 2.46. The van der Waals surface area contributed by atoms with Crippen LogP contribution in [0.1, 0.15) is 15.9 Å². The number of nitro groups is 1. The Morgan fingerprint density at radius 2 is 2.05 bits per heavy atom. The number of benzene rings is 2. The fourth-order valence-corrected chi connectivity index (χ4v) is 2.28. The normalized spacial score (nSPS) is 10.1. The Balaban J connectivity index is 2.32. The second-order valence-electron chi connectivity index (χ2n) is 4.53. The molecule has 0 bridgehead atoms. The number of aryl methyl sites for hydroxylation is 1. The van der Waals surface area contributed by atoms with Gasteiger partial charge in [-0.1, -0.05) is 23.7 Å². The summed E-state index contributed by atoms with van der Waals surface area (Å²) in [6, 6.07) is 9.30. The highest BCUT2D eigenvalue weighted by molar-refractivity contribution is 6.32. The zero-order valence-electron chi connectivity index (χ0n) is 11.9. The summed E-state index contributed by atoms with van der Waals surface area (Å²) in [4.78, 5) is 22.8. The van der Waals surface area contributed by atoms with Gasteiger partial charge in [0.2, 0.25) is 0 Å². The molecule has 7 heteroatoms. The molecule has 2 aromatic carbocycles. The largest absolute Gasteiger partial charge is 0.495 e. The van der Waals surface area contributed by atoms with Crippen LogP contribution in [0.3, 0.4) is 0 Å². The maximum absolute atomic E-state index is 12.3. The summed E-state index contributed by atoms with van der Waals surface area (Å²) in [5, 5.41) is 14.0. The zero-order valence-corrected chi connectivity index (χ0v) is 12.7. The fraction of sp³-hybridized carbons (Fsp3) is 0.133. The predicted molar refractivity (Wildman–Crippen MR) is 83.8 cm³/mol. The van der Waals surface area contributed by atoms with Gasteiger partial charge in [-0.05, 0) is 31.2 Å². The SMILES string of the molecule is COc1ccc(NC(=O)c2cccc(C)c2[N+](=O)[O-])cc1Cl. The van der Waals surface area contributed by atoms with Gasteiger partial charge >= 0.3 is 0 Å². The molecule has 0 aromatic heterocycles. The highest BCUT2D eigenvalue weighted by atomic mass is 35.5. The molecule has 0 saturated carbocycles. The van der Waals surface area contributed by atoms with Crippen molar-refractivity contribution in [3.05, 3.63) is 62.7 Å². The van der Waals surface area contributed by atoms with E-state index in [0.29, 0.717) is 22.0 Å². The average molecular weight is 321 g/mol. The number of hydrogen-bond donors (Lipinski definition) is 1. The summed E-state index contributed by atoms with van der Waals surface area (Å²) < 4.78 is 5.02. The van der Waals surface area contributed by atoms with Gasteiger partial charge in [0.05, 0.1) is 17.1 Å². The molecule has 0 heterocycles. The molecule has 114 valence electrons. The second-order valence-corrected chi connectivity index (χ2v) is 4.94. The Bertz CT molecular complexity index is 746. The van der Waals surface area contributed by atoms with E-state index in [0.717, 1.165) is 0 Å². The van der Waals surface area contributed by atoms with Crippen molar-refractivity contribution in [3.63, 3.8) is 0 Å². The van der Waals surface area contributed by atoms with Crippen LogP contribution < -0.4 is 10.1 Å². The van der Waals surface area contributed by atoms with Gasteiger partial charge in [-0.25, -0.2) is 0 Å². The number of anilines is 1. The summed E-state index contributed by atoms with van der Waals surface area (Å²) in [6.45, 7) is 1.58. The molecule has 0 fully saturated rings. The Labute approximate surface area is 131 Å². The van der Waals surface area contributed by atoms with Crippen molar-refractivity contribution >= 4 is 28.9 Å². The van der Waals surface area contributed by atoms with E-state index in [-0.39, 0.29) is 11.3 Å². The molecule has 0 atom stereocenters. The number of para-hydroxylation sites is 1. The molecular weight excluding hydrogens is 308 g/mol. The van der Waals surface area contributed by atoms with Crippen LogP contribution in [0.15, 0.2) is 36.4 Å². The van der Waals surface area contributed by atoms with Gasteiger partial charge in [-0.2, -0.15) is 0 Å². The Morgan fingerprint density at radius 1 is 1.32 bits per heavy atom. The van der Waals surface area contributed by atoms with Crippen LogP contribution in [0.5, 0.6) is 5.75 Å². The van der Waals surface area contributed by atoms with E-state index < -0.39 is 10.8 Å². The van der Waals surface area contributed by atoms with E-state index in [2.05, 4.69) is 5.32 Å². The summed E-state index contributed by atoms with van der Waals surface area (Å²) >= 11 is 5.98. The maximum atomic E-state index is 12.3. The number of carbonyl (C=O) groups excluding carboxylic acids is 1. The fourth-order valence-electron chi connectivity index (χ4n) is 2.03. The number of nitrogens with one attached hydrogen (secondary N) is 1. The Hall–Kier alpha value is -2.60. The lowest BCUT2D eigenvalue weighted by Gasteiger charge is -2.09. The zero-order chi connectivity index (χ0) is 16.3. The standard InChI is InChI=1S/C15H13ClN2O4/c1-9-4-3-5-11(14(9)18(20)21)15(19)17-10-6-7-13(22-2)12(16)8-10/h3-8H,1-2H3,(H,17,19). The van der Waals surface area contributed by atoms with Crippen molar-refractivity contribution in [1.29, 1.82) is 0 Å². The van der Waals surface area contributed by atoms with Crippen LogP contribution in [0, 0.1) is 17.0 Å². The highest BCUT2D eigenvalue weighted by Crippen LogP contribution is 2.28. The summed E-state index contributed by atoms with van der Waals surface area (Å²) in [5.41, 5.74) is 0.633. The third kappa shape index (κ3) is 3.17. The second kappa shape index (κ2) is 6.44.